The third-order valence-electron chi connectivity index (χ3n) is 3.28. The van der Waals surface area contributed by atoms with Crippen molar-refractivity contribution in [3.05, 3.63) is 22.4 Å². The van der Waals surface area contributed by atoms with Crippen LogP contribution in [0.2, 0.25) is 0 Å². The van der Waals surface area contributed by atoms with Gasteiger partial charge in [0.15, 0.2) is 0 Å². The Hall–Kier alpha value is -0.870. The second kappa shape index (κ2) is 4.97. The van der Waals surface area contributed by atoms with E-state index in [4.69, 9.17) is 0 Å². The topological polar surface area (TPSA) is 40.5 Å². The van der Waals surface area contributed by atoms with Crippen molar-refractivity contribution in [1.29, 1.82) is 0 Å². The molecule has 1 aromatic heterocycles. The molecule has 1 aliphatic heterocycles. The van der Waals surface area contributed by atoms with Gasteiger partial charge in [-0.3, -0.25) is 9.69 Å². The van der Waals surface area contributed by atoms with Crippen molar-refractivity contribution in [2.45, 2.75) is 38.3 Å². The van der Waals surface area contributed by atoms with Crippen LogP contribution in [-0.4, -0.2) is 28.6 Å². The van der Waals surface area contributed by atoms with Crippen molar-refractivity contribution >= 4 is 17.3 Å². The molecule has 3 nitrogen and oxygen atoms in total. The van der Waals surface area contributed by atoms with E-state index in [-0.39, 0.29) is 12.1 Å². The Balaban J connectivity index is 2.14. The normalized spacial score (nSPS) is 24.2. The lowest BCUT2D eigenvalue weighted by Crippen LogP contribution is -2.45. The molecule has 16 heavy (non-hydrogen) atoms. The molecule has 1 N–H and O–H groups in total. The number of carboxylic acids is 1. The molecule has 1 aromatic rings. The first-order valence-corrected chi connectivity index (χ1v) is 6.60. The van der Waals surface area contributed by atoms with Crippen LogP contribution in [0.5, 0.6) is 0 Å². The van der Waals surface area contributed by atoms with Crippen molar-refractivity contribution in [3.63, 3.8) is 0 Å². The van der Waals surface area contributed by atoms with Crippen molar-refractivity contribution < 1.29 is 9.90 Å². The molecular weight excluding hydrogens is 222 g/mol. The smallest absolute Gasteiger partial charge is 0.320 e. The van der Waals surface area contributed by atoms with Crippen molar-refractivity contribution in [2.24, 2.45) is 0 Å². The summed E-state index contributed by atoms with van der Waals surface area (Å²) >= 11 is 1.70. The highest BCUT2D eigenvalue weighted by atomic mass is 32.1. The first-order chi connectivity index (χ1) is 7.70. The second-order valence-corrected chi connectivity index (χ2v) is 5.26. The Kier molecular flexibility index (Phi) is 3.61. The Morgan fingerprint density at radius 1 is 1.62 bits per heavy atom. The van der Waals surface area contributed by atoms with E-state index >= 15 is 0 Å². The number of hydrogen-bond acceptors (Lipinski definition) is 3. The Morgan fingerprint density at radius 2 is 2.44 bits per heavy atom. The largest absolute Gasteiger partial charge is 0.480 e. The summed E-state index contributed by atoms with van der Waals surface area (Å²) in [6.45, 7) is 3.00. The minimum Gasteiger partial charge on any atom is -0.480 e. The Labute approximate surface area is 99.7 Å². The molecule has 0 radical (unpaired) electrons. The van der Waals surface area contributed by atoms with E-state index in [0.717, 1.165) is 25.8 Å². The third-order valence-corrected chi connectivity index (χ3v) is 4.32. The lowest BCUT2D eigenvalue weighted by Gasteiger charge is -2.37. The molecule has 2 heterocycles. The fraction of sp³-hybridized carbons (Fsp3) is 0.583. The maximum absolute atomic E-state index is 11.2. The number of carbonyl (C=O) groups is 1. The molecule has 2 rings (SSSR count). The quantitative estimate of drug-likeness (QED) is 0.881. The molecule has 2 unspecified atom stereocenters. The van der Waals surface area contributed by atoms with Crippen LogP contribution in [0.1, 0.15) is 37.1 Å². The van der Waals surface area contributed by atoms with Crippen LogP contribution in [0, 0.1) is 0 Å². The van der Waals surface area contributed by atoms with Gasteiger partial charge in [0, 0.05) is 10.9 Å². The SMILES string of the molecule is CC(c1cccs1)N1CCCCC1C(=O)O. The van der Waals surface area contributed by atoms with Crippen molar-refractivity contribution in [1.82, 2.24) is 4.90 Å². The van der Waals surface area contributed by atoms with Crippen LogP contribution in [0.25, 0.3) is 0 Å². The second-order valence-electron chi connectivity index (χ2n) is 4.28. The summed E-state index contributed by atoms with van der Waals surface area (Å²) in [7, 11) is 0. The standard InChI is InChI=1S/C12H17NO2S/c1-9(11-6-4-8-16-11)13-7-3-2-5-10(13)12(14)15/h4,6,8-10H,2-3,5,7H2,1H3,(H,14,15). The molecule has 0 aromatic carbocycles. The summed E-state index contributed by atoms with van der Waals surface area (Å²) < 4.78 is 0. The van der Waals surface area contributed by atoms with Gasteiger partial charge in [-0.2, -0.15) is 0 Å². The zero-order valence-corrected chi connectivity index (χ0v) is 10.2. The molecule has 0 bridgehead atoms. The first-order valence-electron chi connectivity index (χ1n) is 5.72. The molecule has 2 atom stereocenters. The maximum atomic E-state index is 11.2. The fourth-order valence-corrected chi connectivity index (χ4v) is 3.18. The van der Waals surface area contributed by atoms with Gasteiger partial charge in [-0.05, 0) is 37.8 Å². The highest BCUT2D eigenvalue weighted by Gasteiger charge is 2.32. The zero-order valence-electron chi connectivity index (χ0n) is 9.43. The molecule has 88 valence electrons. The van der Waals surface area contributed by atoms with Gasteiger partial charge < -0.3 is 5.11 Å². The van der Waals surface area contributed by atoms with E-state index in [0.29, 0.717) is 0 Å². The van der Waals surface area contributed by atoms with Gasteiger partial charge in [0.25, 0.3) is 0 Å². The minimum absolute atomic E-state index is 0.224. The van der Waals surface area contributed by atoms with Gasteiger partial charge in [0.2, 0.25) is 0 Å². The van der Waals surface area contributed by atoms with Crippen LogP contribution in [-0.2, 0) is 4.79 Å². The monoisotopic (exact) mass is 239 g/mol. The van der Waals surface area contributed by atoms with Gasteiger partial charge >= 0.3 is 5.97 Å². The zero-order chi connectivity index (χ0) is 11.5. The maximum Gasteiger partial charge on any atom is 0.320 e. The van der Waals surface area contributed by atoms with E-state index in [1.165, 1.54) is 4.88 Å². The van der Waals surface area contributed by atoms with E-state index in [9.17, 15) is 9.90 Å². The molecule has 1 saturated heterocycles. The van der Waals surface area contributed by atoms with Gasteiger partial charge in [-0.25, -0.2) is 0 Å². The van der Waals surface area contributed by atoms with Gasteiger partial charge in [-0.15, -0.1) is 11.3 Å². The van der Waals surface area contributed by atoms with E-state index < -0.39 is 5.97 Å². The number of likely N-dealkylation sites (tertiary alicyclic amines) is 1. The fourth-order valence-electron chi connectivity index (χ4n) is 2.38. The first kappa shape index (κ1) is 11.6. The molecule has 1 aliphatic rings. The number of piperidine rings is 1. The van der Waals surface area contributed by atoms with Crippen LogP contribution in [0.3, 0.4) is 0 Å². The van der Waals surface area contributed by atoms with Gasteiger partial charge in [0.05, 0.1) is 0 Å². The summed E-state index contributed by atoms with van der Waals surface area (Å²) in [5, 5.41) is 11.3. The molecular formula is C12H17NO2S. The summed E-state index contributed by atoms with van der Waals surface area (Å²) in [4.78, 5) is 14.6. The molecule has 0 saturated carbocycles. The van der Waals surface area contributed by atoms with E-state index in [2.05, 4.69) is 17.9 Å². The van der Waals surface area contributed by atoms with Crippen molar-refractivity contribution in [3.8, 4) is 0 Å². The highest BCUT2D eigenvalue weighted by Crippen LogP contribution is 2.30. The summed E-state index contributed by atoms with van der Waals surface area (Å²) in [6, 6.07) is 4.03. The third kappa shape index (κ3) is 2.28. The number of carboxylic acid groups (broad SMARTS) is 1. The van der Waals surface area contributed by atoms with Crippen LogP contribution in [0.4, 0.5) is 0 Å². The number of thiophene rings is 1. The summed E-state index contributed by atoms with van der Waals surface area (Å²) in [6.07, 6.45) is 2.93. The lowest BCUT2D eigenvalue weighted by atomic mass is 10.00. The lowest BCUT2D eigenvalue weighted by molar-refractivity contribution is -0.145. The highest BCUT2D eigenvalue weighted by molar-refractivity contribution is 7.10. The van der Waals surface area contributed by atoms with Crippen LogP contribution < -0.4 is 0 Å². The Bertz CT molecular complexity index is 350. The number of rotatable bonds is 3. The predicted molar refractivity (Wildman–Crippen MR) is 64.7 cm³/mol. The number of hydrogen-bond donors (Lipinski definition) is 1. The molecule has 1 fully saturated rings. The van der Waals surface area contributed by atoms with Crippen LogP contribution in [0.15, 0.2) is 17.5 Å². The van der Waals surface area contributed by atoms with E-state index in [1.54, 1.807) is 11.3 Å². The molecule has 0 spiro atoms. The average Bonchev–Trinajstić information content (AvgIpc) is 2.81. The van der Waals surface area contributed by atoms with Crippen molar-refractivity contribution in [2.75, 3.05) is 6.54 Å². The Morgan fingerprint density at radius 3 is 3.06 bits per heavy atom. The van der Waals surface area contributed by atoms with Crippen LogP contribution >= 0.6 is 11.3 Å². The van der Waals surface area contributed by atoms with Gasteiger partial charge in [-0.1, -0.05) is 12.5 Å². The molecule has 4 heteroatoms. The summed E-state index contributed by atoms with van der Waals surface area (Å²) in [5.74, 6) is -0.678. The van der Waals surface area contributed by atoms with Gasteiger partial charge in [0.1, 0.15) is 6.04 Å². The van der Waals surface area contributed by atoms with E-state index in [1.807, 2.05) is 11.4 Å². The number of aliphatic carboxylic acids is 1. The molecule has 0 amide bonds. The minimum atomic E-state index is -0.678. The predicted octanol–water partition coefficient (Wildman–Crippen LogP) is 2.75. The summed E-state index contributed by atoms with van der Waals surface area (Å²) in [5.41, 5.74) is 0. The average molecular weight is 239 g/mol. The molecule has 0 aliphatic carbocycles. The number of nitrogens with zero attached hydrogens (tertiary/aromatic N) is 1.